The van der Waals surface area contributed by atoms with E-state index < -0.39 is 0 Å². The van der Waals surface area contributed by atoms with Gasteiger partial charge in [-0.05, 0) is 56.7 Å². The van der Waals surface area contributed by atoms with E-state index >= 15 is 0 Å². The lowest BCUT2D eigenvalue weighted by Gasteiger charge is -2.23. The van der Waals surface area contributed by atoms with E-state index in [0.717, 1.165) is 38.0 Å². The maximum absolute atomic E-state index is 6.12. The molecule has 1 saturated carbocycles. The molecule has 1 aliphatic heterocycles. The van der Waals surface area contributed by atoms with Crippen molar-refractivity contribution in [3.63, 3.8) is 0 Å². The third-order valence-electron chi connectivity index (χ3n) is 5.51. The molecule has 0 bridgehead atoms. The van der Waals surface area contributed by atoms with Crippen LogP contribution in [0.2, 0.25) is 0 Å². The summed E-state index contributed by atoms with van der Waals surface area (Å²) in [5.74, 6) is 2.61. The topological polar surface area (TPSA) is 46.1 Å². The van der Waals surface area contributed by atoms with E-state index in [0.29, 0.717) is 18.6 Å². The summed E-state index contributed by atoms with van der Waals surface area (Å²) in [4.78, 5) is 7.21. The van der Waals surface area contributed by atoms with E-state index in [-0.39, 0.29) is 0 Å². The fraction of sp³-hybridized carbons (Fsp3) is 0.682. The van der Waals surface area contributed by atoms with Crippen molar-refractivity contribution in [2.24, 2.45) is 10.9 Å². The fourth-order valence-electron chi connectivity index (χ4n) is 4.04. The summed E-state index contributed by atoms with van der Waals surface area (Å²) >= 11 is 0. The summed E-state index contributed by atoms with van der Waals surface area (Å²) in [6.45, 7) is 6.60. The van der Waals surface area contributed by atoms with Gasteiger partial charge in [0, 0.05) is 32.7 Å². The number of aliphatic imine (C=N–C) groups is 1. The van der Waals surface area contributed by atoms with Gasteiger partial charge in [0.15, 0.2) is 5.96 Å². The first-order valence-electron chi connectivity index (χ1n) is 10.6. The average Bonchev–Trinajstić information content (AvgIpc) is 3.16. The molecule has 5 heteroatoms. The maximum Gasteiger partial charge on any atom is 0.194 e. The van der Waals surface area contributed by atoms with Crippen LogP contribution in [0.4, 0.5) is 0 Å². The normalized spacial score (nSPS) is 21.5. The van der Waals surface area contributed by atoms with E-state index in [1.807, 2.05) is 0 Å². The maximum atomic E-state index is 6.12. The molecular formula is C22H35N3O2. The summed E-state index contributed by atoms with van der Waals surface area (Å²) in [6.07, 6.45) is 7.91. The van der Waals surface area contributed by atoms with Crippen LogP contribution in [0.25, 0.3) is 0 Å². The lowest BCUT2D eigenvalue weighted by molar-refractivity contribution is 0.155. The number of nitrogens with zero attached hydrogens (tertiary/aromatic N) is 2. The molecule has 2 fully saturated rings. The number of ether oxygens (including phenoxy) is 2. The van der Waals surface area contributed by atoms with Crippen molar-refractivity contribution >= 4 is 5.96 Å². The minimum absolute atomic E-state index is 0.401. The number of nitrogens with one attached hydrogen (secondary N) is 1. The van der Waals surface area contributed by atoms with Gasteiger partial charge >= 0.3 is 0 Å². The Balaban J connectivity index is 1.54. The molecule has 2 aliphatic rings. The van der Waals surface area contributed by atoms with Gasteiger partial charge < -0.3 is 19.7 Å². The van der Waals surface area contributed by atoms with Crippen molar-refractivity contribution in [3.05, 3.63) is 29.8 Å². The van der Waals surface area contributed by atoms with Gasteiger partial charge in [0.25, 0.3) is 0 Å². The average molecular weight is 374 g/mol. The van der Waals surface area contributed by atoms with Gasteiger partial charge in [-0.1, -0.05) is 18.6 Å². The molecule has 5 nitrogen and oxygen atoms in total. The summed E-state index contributed by atoms with van der Waals surface area (Å²) < 4.78 is 11.4. The van der Waals surface area contributed by atoms with Crippen molar-refractivity contribution in [2.75, 3.05) is 33.4 Å². The molecule has 150 valence electrons. The molecular weight excluding hydrogens is 338 g/mol. The van der Waals surface area contributed by atoms with Gasteiger partial charge in [0.1, 0.15) is 5.75 Å². The Morgan fingerprint density at radius 1 is 1.15 bits per heavy atom. The highest BCUT2D eigenvalue weighted by Gasteiger charge is 2.24. The van der Waals surface area contributed by atoms with Crippen molar-refractivity contribution in [3.8, 4) is 5.75 Å². The third-order valence-corrected chi connectivity index (χ3v) is 5.51. The Bertz CT molecular complexity index is 582. The molecule has 1 N–H and O–H groups in total. The number of methoxy groups -OCH3 is 1. The molecule has 0 amide bonds. The van der Waals surface area contributed by atoms with Gasteiger partial charge in [-0.2, -0.15) is 0 Å². The predicted octanol–water partition coefficient (Wildman–Crippen LogP) is 3.83. The minimum Gasteiger partial charge on any atom is -0.490 e. The Hall–Kier alpha value is -1.75. The van der Waals surface area contributed by atoms with E-state index in [4.69, 9.17) is 14.5 Å². The summed E-state index contributed by atoms with van der Waals surface area (Å²) in [5, 5.41) is 3.43. The quantitative estimate of drug-likeness (QED) is 0.583. The van der Waals surface area contributed by atoms with Crippen molar-refractivity contribution in [1.29, 1.82) is 0 Å². The molecule has 1 unspecified atom stereocenters. The Morgan fingerprint density at radius 2 is 1.93 bits per heavy atom. The molecule has 1 aromatic carbocycles. The van der Waals surface area contributed by atoms with Crippen LogP contribution in [0.1, 0.15) is 51.0 Å². The standard InChI is InChI=1S/C22H35N3O2/c1-3-23-22(25-14-13-19(16-25)17-26-2)24-15-18-9-11-21(12-10-18)27-20-7-5-4-6-8-20/h9-12,19-20H,3-8,13-17H2,1-2H3,(H,23,24). The Kier molecular flexibility index (Phi) is 7.81. The van der Waals surface area contributed by atoms with Gasteiger partial charge in [-0.15, -0.1) is 0 Å². The van der Waals surface area contributed by atoms with Crippen LogP contribution >= 0.6 is 0 Å². The van der Waals surface area contributed by atoms with Crippen LogP contribution in [-0.4, -0.2) is 50.3 Å². The number of likely N-dealkylation sites (tertiary alicyclic amines) is 1. The van der Waals surface area contributed by atoms with Gasteiger partial charge in [0.2, 0.25) is 0 Å². The van der Waals surface area contributed by atoms with Crippen LogP contribution in [0.3, 0.4) is 0 Å². The Morgan fingerprint density at radius 3 is 2.63 bits per heavy atom. The Labute approximate surface area is 164 Å². The van der Waals surface area contributed by atoms with Crippen LogP contribution in [0, 0.1) is 5.92 Å². The molecule has 0 radical (unpaired) electrons. The van der Waals surface area contributed by atoms with E-state index in [1.165, 1.54) is 44.1 Å². The fourth-order valence-corrected chi connectivity index (χ4v) is 4.04. The SMILES string of the molecule is CCNC(=NCc1ccc(OC2CCCCC2)cc1)N1CCC(COC)C1. The summed E-state index contributed by atoms with van der Waals surface area (Å²) in [5.41, 5.74) is 1.22. The number of hydrogen-bond acceptors (Lipinski definition) is 3. The number of hydrogen-bond donors (Lipinski definition) is 1. The molecule has 1 aromatic rings. The second kappa shape index (κ2) is 10.5. The summed E-state index contributed by atoms with van der Waals surface area (Å²) in [7, 11) is 1.78. The molecule has 1 heterocycles. The highest BCUT2D eigenvalue weighted by atomic mass is 16.5. The second-order valence-electron chi connectivity index (χ2n) is 7.75. The zero-order chi connectivity index (χ0) is 18.9. The van der Waals surface area contributed by atoms with Crippen LogP contribution in [-0.2, 0) is 11.3 Å². The van der Waals surface area contributed by atoms with Crippen LogP contribution < -0.4 is 10.1 Å². The van der Waals surface area contributed by atoms with Crippen molar-refractivity contribution < 1.29 is 9.47 Å². The van der Waals surface area contributed by atoms with Gasteiger partial charge in [-0.25, -0.2) is 4.99 Å². The molecule has 0 spiro atoms. The van der Waals surface area contributed by atoms with Gasteiger partial charge in [-0.3, -0.25) is 0 Å². The van der Waals surface area contributed by atoms with Crippen LogP contribution in [0.5, 0.6) is 5.75 Å². The first kappa shape index (κ1) is 20.0. The molecule has 1 saturated heterocycles. The zero-order valence-corrected chi connectivity index (χ0v) is 17.0. The lowest BCUT2D eigenvalue weighted by Crippen LogP contribution is -2.40. The molecule has 1 aliphatic carbocycles. The molecule has 3 rings (SSSR count). The zero-order valence-electron chi connectivity index (χ0n) is 17.0. The van der Waals surface area contributed by atoms with E-state index in [2.05, 4.69) is 41.4 Å². The minimum atomic E-state index is 0.401. The van der Waals surface area contributed by atoms with Crippen molar-refractivity contribution in [2.45, 2.75) is 58.1 Å². The van der Waals surface area contributed by atoms with E-state index in [9.17, 15) is 0 Å². The number of rotatable bonds is 7. The highest BCUT2D eigenvalue weighted by Crippen LogP contribution is 2.24. The highest BCUT2D eigenvalue weighted by molar-refractivity contribution is 5.80. The van der Waals surface area contributed by atoms with Crippen LogP contribution in [0.15, 0.2) is 29.3 Å². The molecule has 0 aromatic heterocycles. The number of guanidine groups is 1. The molecule has 27 heavy (non-hydrogen) atoms. The third kappa shape index (κ3) is 6.13. The lowest BCUT2D eigenvalue weighted by atomic mass is 9.98. The predicted molar refractivity (Wildman–Crippen MR) is 110 cm³/mol. The number of benzene rings is 1. The summed E-state index contributed by atoms with van der Waals surface area (Å²) in [6, 6.07) is 8.47. The first-order chi connectivity index (χ1) is 13.3. The molecule has 1 atom stereocenters. The second-order valence-corrected chi connectivity index (χ2v) is 7.75. The van der Waals surface area contributed by atoms with Crippen molar-refractivity contribution in [1.82, 2.24) is 10.2 Å². The van der Waals surface area contributed by atoms with E-state index in [1.54, 1.807) is 7.11 Å². The van der Waals surface area contributed by atoms with Gasteiger partial charge in [0.05, 0.1) is 19.3 Å². The monoisotopic (exact) mass is 373 g/mol. The largest absolute Gasteiger partial charge is 0.490 e. The smallest absolute Gasteiger partial charge is 0.194 e. The first-order valence-corrected chi connectivity index (χ1v) is 10.6.